The highest BCUT2D eigenvalue weighted by atomic mass is 35.5. The van der Waals surface area contributed by atoms with Crippen molar-refractivity contribution in [2.75, 3.05) is 57.4 Å². The van der Waals surface area contributed by atoms with Crippen LogP contribution in [0.25, 0.3) is 0 Å². The summed E-state index contributed by atoms with van der Waals surface area (Å²) >= 11 is 12.5. The van der Waals surface area contributed by atoms with Crippen molar-refractivity contribution in [2.24, 2.45) is 0 Å². The summed E-state index contributed by atoms with van der Waals surface area (Å²) in [5.41, 5.74) is 0.711. The topological polar surface area (TPSA) is 94.4 Å². The van der Waals surface area contributed by atoms with Gasteiger partial charge >= 0.3 is 11.7 Å². The van der Waals surface area contributed by atoms with E-state index in [9.17, 15) is 14.9 Å². The second-order valence-electron chi connectivity index (χ2n) is 7.94. The highest BCUT2D eigenvalue weighted by Crippen LogP contribution is 2.33. The van der Waals surface area contributed by atoms with E-state index in [4.69, 9.17) is 37.4 Å². The molecule has 9 nitrogen and oxygen atoms in total. The van der Waals surface area contributed by atoms with Crippen LogP contribution < -0.4 is 14.4 Å². The normalized spacial score (nSPS) is 14.0. The molecule has 1 aliphatic rings. The van der Waals surface area contributed by atoms with E-state index < -0.39 is 17.5 Å². The minimum atomic E-state index is -0.586. The van der Waals surface area contributed by atoms with Gasteiger partial charge in [-0.25, -0.2) is 4.79 Å². The smallest absolute Gasteiger partial charge is 0.344 e. The van der Waals surface area contributed by atoms with Crippen LogP contribution in [0.4, 0.5) is 11.4 Å². The Balaban J connectivity index is 1.38. The summed E-state index contributed by atoms with van der Waals surface area (Å²) in [6.07, 6.45) is 1.76. The summed E-state index contributed by atoms with van der Waals surface area (Å²) in [7, 11) is 0. The molecule has 1 fully saturated rings. The second-order valence-corrected chi connectivity index (χ2v) is 8.72. The van der Waals surface area contributed by atoms with Crippen LogP contribution in [0.15, 0.2) is 36.4 Å². The molecule has 35 heavy (non-hydrogen) atoms. The summed E-state index contributed by atoms with van der Waals surface area (Å²) in [6.45, 7) is 6.51. The zero-order valence-corrected chi connectivity index (χ0v) is 21.1. The molecule has 11 heteroatoms. The number of nitro groups is 1. The quantitative estimate of drug-likeness (QED) is 0.168. The van der Waals surface area contributed by atoms with Crippen molar-refractivity contribution >= 4 is 40.5 Å². The van der Waals surface area contributed by atoms with Gasteiger partial charge in [0.25, 0.3) is 0 Å². The van der Waals surface area contributed by atoms with Crippen molar-refractivity contribution in [1.29, 1.82) is 0 Å². The molecule has 1 saturated heterocycles. The Morgan fingerprint density at radius 3 is 2.57 bits per heavy atom. The van der Waals surface area contributed by atoms with Crippen molar-refractivity contribution in [1.82, 2.24) is 4.90 Å². The van der Waals surface area contributed by atoms with Crippen LogP contribution in [0.3, 0.4) is 0 Å². The van der Waals surface area contributed by atoms with Crippen molar-refractivity contribution in [3.8, 4) is 11.5 Å². The first-order valence-electron chi connectivity index (χ1n) is 11.5. The number of unbranched alkanes of at least 4 members (excludes halogenated alkanes) is 1. The van der Waals surface area contributed by atoms with Crippen molar-refractivity contribution in [2.45, 2.75) is 19.8 Å². The van der Waals surface area contributed by atoms with Crippen molar-refractivity contribution < 1.29 is 23.9 Å². The molecule has 0 aliphatic carbocycles. The van der Waals surface area contributed by atoms with Gasteiger partial charge in [-0.3, -0.25) is 15.0 Å². The van der Waals surface area contributed by atoms with E-state index in [-0.39, 0.29) is 18.0 Å². The summed E-state index contributed by atoms with van der Waals surface area (Å²) in [6, 6.07) is 10.0. The van der Waals surface area contributed by atoms with Crippen LogP contribution >= 0.6 is 23.2 Å². The van der Waals surface area contributed by atoms with Gasteiger partial charge in [-0.15, -0.1) is 0 Å². The molecule has 2 aromatic rings. The molecule has 0 amide bonds. The molecule has 0 bridgehead atoms. The number of piperazine rings is 1. The number of halogens is 2. The van der Waals surface area contributed by atoms with Crippen LogP contribution in [0, 0.1) is 10.1 Å². The number of ether oxygens (including phenoxy) is 3. The molecule has 0 unspecified atom stereocenters. The van der Waals surface area contributed by atoms with E-state index in [1.54, 1.807) is 19.1 Å². The third kappa shape index (κ3) is 7.88. The average Bonchev–Trinajstić information content (AvgIpc) is 2.85. The maximum absolute atomic E-state index is 11.4. The lowest BCUT2D eigenvalue weighted by Gasteiger charge is -2.36. The zero-order valence-electron chi connectivity index (χ0n) is 19.6. The van der Waals surface area contributed by atoms with Crippen molar-refractivity contribution in [3.05, 3.63) is 56.6 Å². The fraction of sp³-hybridized carbons (Fsp3) is 0.458. The van der Waals surface area contributed by atoms with E-state index in [2.05, 4.69) is 9.80 Å². The van der Waals surface area contributed by atoms with E-state index >= 15 is 0 Å². The molecule has 0 saturated carbocycles. The largest absolute Gasteiger partial charge is 0.493 e. The van der Waals surface area contributed by atoms with Crippen LogP contribution in [-0.4, -0.2) is 68.3 Å². The van der Waals surface area contributed by atoms with E-state index in [0.717, 1.165) is 51.3 Å². The van der Waals surface area contributed by atoms with Gasteiger partial charge in [-0.05, 0) is 50.6 Å². The lowest BCUT2D eigenvalue weighted by Crippen LogP contribution is -2.46. The third-order valence-corrected chi connectivity index (χ3v) is 6.37. The molecule has 2 aromatic carbocycles. The maximum atomic E-state index is 11.4. The van der Waals surface area contributed by atoms with Gasteiger partial charge in [-0.1, -0.05) is 29.3 Å². The highest BCUT2D eigenvalue weighted by molar-refractivity contribution is 6.43. The molecule has 0 atom stereocenters. The molecule has 0 aromatic heterocycles. The van der Waals surface area contributed by atoms with Gasteiger partial charge in [0, 0.05) is 26.2 Å². The highest BCUT2D eigenvalue weighted by Gasteiger charge is 2.20. The number of nitrogens with zero attached hydrogens (tertiary/aromatic N) is 3. The monoisotopic (exact) mass is 525 g/mol. The lowest BCUT2D eigenvalue weighted by molar-refractivity contribution is -0.385. The minimum Gasteiger partial charge on any atom is -0.493 e. The molecule has 0 spiro atoms. The first-order chi connectivity index (χ1) is 16.9. The number of carbonyl (C=O) groups is 1. The molecule has 0 radical (unpaired) electrons. The molecule has 0 N–H and O–H groups in total. The van der Waals surface area contributed by atoms with Gasteiger partial charge in [-0.2, -0.15) is 0 Å². The van der Waals surface area contributed by atoms with Gasteiger partial charge in [0.05, 0.1) is 39.9 Å². The lowest BCUT2D eigenvalue weighted by atomic mass is 10.2. The molecule has 1 aliphatic heterocycles. The second kappa shape index (κ2) is 13.4. The van der Waals surface area contributed by atoms with Gasteiger partial charge in [0.2, 0.25) is 0 Å². The van der Waals surface area contributed by atoms with Crippen molar-refractivity contribution in [3.63, 3.8) is 0 Å². The predicted octanol–water partition coefficient (Wildman–Crippen LogP) is 4.82. The standard InChI is InChI=1S/C24H29Cl2N3O6/c1-2-33-23(30)17-35-22-9-8-18(16-21(22)29(31)32)34-15-4-3-10-27-11-13-28(14-12-27)20-7-5-6-19(25)24(20)26/h5-9,16H,2-4,10-15,17H2,1H3. The first kappa shape index (κ1) is 26.8. The summed E-state index contributed by atoms with van der Waals surface area (Å²) < 4.78 is 15.7. The van der Waals surface area contributed by atoms with E-state index in [1.165, 1.54) is 12.1 Å². The first-order valence-corrected chi connectivity index (χ1v) is 12.3. The van der Waals surface area contributed by atoms with Gasteiger partial charge in [0.1, 0.15) is 5.75 Å². The third-order valence-electron chi connectivity index (χ3n) is 5.56. The number of hydrogen-bond donors (Lipinski definition) is 0. The summed E-state index contributed by atoms with van der Waals surface area (Å²) in [4.78, 5) is 26.9. The van der Waals surface area contributed by atoms with Crippen LogP contribution in [-0.2, 0) is 9.53 Å². The molecular weight excluding hydrogens is 497 g/mol. The zero-order chi connectivity index (χ0) is 25.2. The number of esters is 1. The predicted molar refractivity (Wildman–Crippen MR) is 135 cm³/mol. The molecule has 190 valence electrons. The van der Waals surface area contributed by atoms with Crippen LogP contribution in [0.5, 0.6) is 11.5 Å². The summed E-state index contributed by atoms with van der Waals surface area (Å²) in [5.74, 6) is -0.211. The molecular formula is C24H29Cl2N3O6. The Labute approximate surface area is 214 Å². The maximum Gasteiger partial charge on any atom is 0.344 e. The van der Waals surface area contributed by atoms with Crippen LogP contribution in [0.2, 0.25) is 10.0 Å². The summed E-state index contributed by atoms with van der Waals surface area (Å²) in [5, 5.41) is 12.5. The van der Waals surface area contributed by atoms with Crippen LogP contribution in [0.1, 0.15) is 19.8 Å². The Morgan fingerprint density at radius 2 is 1.86 bits per heavy atom. The number of hydrogen-bond acceptors (Lipinski definition) is 8. The van der Waals surface area contributed by atoms with Gasteiger partial charge in [0.15, 0.2) is 12.4 Å². The van der Waals surface area contributed by atoms with E-state index in [0.29, 0.717) is 22.4 Å². The number of carbonyl (C=O) groups excluding carboxylic acids is 1. The fourth-order valence-electron chi connectivity index (χ4n) is 3.77. The molecule has 1 heterocycles. The average molecular weight is 526 g/mol. The van der Waals surface area contributed by atoms with E-state index in [1.807, 2.05) is 12.1 Å². The minimum absolute atomic E-state index is 0.00592. The Kier molecular flexibility index (Phi) is 10.3. The number of anilines is 1. The Hall–Kier alpha value is -2.75. The fourth-order valence-corrected chi connectivity index (χ4v) is 4.18. The Morgan fingerprint density at radius 1 is 1.09 bits per heavy atom. The SMILES string of the molecule is CCOC(=O)COc1ccc(OCCCCN2CCN(c3cccc(Cl)c3Cl)CC2)cc1[N+](=O)[O-]. The Bertz CT molecular complexity index is 1010. The number of benzene rings is 2. The number of nitro benzene ring substituents is 1. The molecule has 3 rings (SSSR count). The van der Waals surface area contributed by atoms with Gasteiger partial charge < -0.3 is 19.1 Å². The number of rotatable bonds is 12.